The van der Waals surface area contributed by atoms with E-state index in [2.05, 4.69) is 20.2 Å². The number of hydrogen-bond donors (Lipinski definition) is 2. The van der Waals surface area contributed by atoms with Gasteiger partial charge in [0.25, 0.3) is 10.0 Å². The molecule has 0 unspecified atom stereocenters. The molecule has 0 aliphatic heterocycles. The monoisotopic (exact) mass is 383 g/mol. The summed E-state index contributed by atoms with van der Waals surface area (Å²) in [5.74, 6) is -0.0800. The van der Waals surface area contributed by atoms with Crippen molar-refractivity contribution in [2.75, 3.05) is 10.0 Å². The lowest BCUT2D eigenvalue weighted by Crippen LogP contribution is -2.14. The van der Waals surface area contributed by atoms with E-state index in [1.807, 2.05) is 6.07 Å². The lowest BCUT2D eigenvalue weighted by Gasteiger charge is -2.09. The second-order valence-corrected chi connectivity index (χ2v) is 7.32. The van der Waals surface area contributed by atoms with Crippen molar-refractivity contribution in [2.45, 2.75) is 11.8 Å². The van der Waals surface area contributed by atoms with Gasteiger partial charge < -0.3 is 5.32 Å². The largest absolute Gasteiger partial charge is 0.339 e. The van der Waals surface area contributed by atoms with Crippen LogP contribution < -0.4 is 10.0 Å². The number of anilines is 3. The van der Waals surface area contributed by atoms with E-state index in [0.29, 0.717) is 17.1 Å². The standard InChI is InChI=1S/C18H14FN5O2S/c1-12-9-15(5-6-16(12)19)27(25,26)24-18-8-7-17(22-23-18)21-14-4-2-3-13(10-14)11-20/h2-10H,1H3,(H,21,22)(H,23,24). The van der Waals surface area contributed by atoms with Gasteiger partial charge in [-0.15, -0.1) is 10.2 Å². The van der Waals surface area contributed by atoms with Crippen molar-refractivity contribution >= 4 is 27.3 Å². The molecule has 0 aliphatic carbocycles. The molecular formula is C18H14FN5O2S. The average molecular weight is 383 g/mol. The van der Waals surface area contributed by atoms with Gasteiger partial charge in [-0.25, -0.2) is 12.8 Å². The summed E-state index contributed by atoms with van der Waals surface area (Å²) in [6.07, 6.45) is 0. The summed E-state index contributed by atoms with van der Waals surface area (Å²) >= 11 is 0. The number of nitriles is 1. The fraction of sp³-hybridized carbons (Fsp3) is 0.0556. The highest BCUT2D eigenvalue weighted by molar-refractivity contribution is 7.92. The highest BCUT2D eigenvalue weighted by Gasteiger charge is 2.16. The first-order valence-corrected chi connectivity index (χ1v) is 9.25. The van der Waals surface area contributed by atoms with Gasteiger partial charge in [-0.3, -0.25) is 4.72 Å². The van der Waals surface area contributed by atoms with Crippen LogP contribution in [0.15, 0.2) is 59.5 Å². The summed E-state index contributed by atoms with van der Waals surface area (Å²) in [7, 11) is -3.91. The summed E-state index contributed by atoms with van der Waals surface area (Å²) in [6, 6.07) is 15.3. The molecule has 0 amide bonds. The molecule has 2 aromatic carbocycles. The van der Waals surface area contributed by atoms with Crippen LogP contribution in [0.4, 0.5) is 21.7 Å². The van der Waals surface area contributed by atoms with Crippen LogP contribution in [-0.4, -0.2) is 18.6 Å². The molecule has 1 aromatic heterocycles. The van der Waals surface area contributed by atoms with Crippen LogP contribution in [0.3, 0.4) is 0 Å². The minimum atomic E-state index is -3.91. The molecule has 0 spiro atoms. The molecule has 3 rings (SSSR count). The SMILES string of the molecule is Cc1cc(S(=O)(=O)Nc2ccc(Nc3cccc(C#N)c3)nn2)ccc1F. The van der Waals surface area contributed by atoms with E-state index in [9.17, 15) is 12.8 Å². The molecule has 0 aliphatic rings. The van der Waals surface area contributed by atoms with Crippen LogP contribution in [0.25, 0.3) is 0 Å². The van der Waals surface area contributed by atoms with Crippen molar-refractivity contribution in [3.63, 3.8) is 0 Å². The van der Waals surface area contributed by atoms with E-state index in [-0.39, 0.29) is 16.3 Å². The summed E-state index contributed by atoms with van der Waals surface area (Å²) in [6.45, 7) is 1.48. The smallest absolute Gasteiger partial charge is 0.263 e. The first-order valence-electron chi connectivity index (χ1n) is 7.77. The van der Waals surface area contributed by atoms with Gasteiger partial charge in [0.05, 0.1) is 16.5 Å². The lowest BCUT2D eigenvalue weighted by atomic mass is 10.2. The zero-order chi connectivity index (χ0) is 19.4. The first kappa shape index (κ1) is 18.3. The predicted molar refractivity (Wildman–Crippen MR) is 98.4 cm³/mol. The van der Waals surface area contributed by atoms with E-state index in [4.69, 9.17) is 5.26 Å². The number of sulfonamides is 1. The number of aryl methyl sites for hydroxylation is 1. The van der Waals surface area contributed by atoms with Gasteiger partial charge in [-0.1, -0.05) is 6.07 Å². The minimum Gasteiger partial charge on any atom is -0.339 e. The van der Waals surface area contributed by atoms with Crippen LogP contribution in [-0.2, 0) is 10.0 Å². The third-order valence-electron chi connectivity index (χ3n) is 3.61. The van der Waals surface area contributed by atoms with Crippen molar-refractivity contribution in [3.05, 3.63) is 71.5 Å². The van der Waals surface area contributed by atoms with Crippen LogP contribution in [0.5, 0.6) is 0 Å². The summed E-state index contributed by atoms with van der Waals surface area (Å²) in [4.78, 5) is -0.0706. The number of halogens is 1. The van der Waals surface area contributed by atoms with Crippen LogP contribution in [0.2, 0.25) is 0 Å². The number of nitrogens with zero attached hydrogens (tertiary/aromatic N) is 3. The van der Waals surface area contributed by atoms with E-state index in [1.54, 1.807) is 30.3 Å². The Kier molecular flexibility index (Phi) is 5.00. The molecule has 3 aromatic rings. The van der Waals surface area contributed by atoms with Crippen molar-refractivity contribution in [1.82, 2.24) is 10.2 Å². The quantitative estimate of drug-likeness (QED) is 0.700. The Morgan fingerprint density at radius 3 is 2.44 bits per heavy atom. The molecule has 9 heteroatoms. The Morgan fingerprint density at radius 2 is 1.78 bits per heavy atom. The lowest BCUT2D eigenvalue weighted by molar-refractivity contribution is 0.598. The second kappa shape index (κ2) is 7.39. The topological polar surface area (TPSA) is 108 Å². The van der Waals surface area contributed by atoms with Gasteiger partial charge in [0, 0.05) is 5.69 Å². The Bertz CT molecular complexity index is 1130. The second-order valence-electron chi connectivity index (χ2n) is 5.64. The molecule has 0 atom stereocenters. The molecule has 1 heterocycles. The van der Waals surface area contributed by atoms with Crippen molar-refractivity contribution < 1.29 is 12.8 Å². The number of nitrogens with one attached hydrogen (secondary N) is 2. The predicted octanol–water partition coefficient (Wildman–Crippen LogP) is 3.34. The van der Waals surface area contributed by atoms with Gasteiger partial charge in [-0.2, -0.15) is 5.26 Å². The van der Waals surface area contributed by atoms with Crippen LogP contribution >= 0.6 is 0 Å². The maximum Gasteiger partial charge on any atom is 0.263 e. The summed E-state index contributed by atoms with van der Waals surface area (Å²) < 4.78 is 40.3. The molecule has 2 N–H and O–H groups in total. The van der Waals surface area contributed by atoms with Gasteiger partial charge >= 0.3 is 0 Å². The van der Waals surface area contributed by atoms with E-state index in [0.717, 1.165) is 6.07 Å². The Labute approximate surface area is 155 Å². The van der Waals surface area contributed by atoms with Crippen molar-refractivity contribution in [2.24, 2.45) is 0 Å². The van der Waals surface area contributed by atoms with E-state index in [1.165, 1.54) is 25.1 Å². The zero-order valence-corrected chi connectivity index (χ0v) is 15.0. The normalized spacial score (nSPS) is 10.9. The molecule has 0 bridgehead atoms. The van der Waals surface area contributed by atoms with Crippen LogP contribution in [0, 0.1) is 24.1 Å². The summed E-state index contributed by atoms with van der Waals surface area (Å²) in [5.41, 5.74) is 1.37. The van der Waals surface area contributed by atoms with Gasteiger partial charge in [0.2, 0.25) is 0 Å². The third-order valence-corrected chi connectivity index (χ3v) is 4.96. The van der Waals surface area contributed by atoms with Crippen molar-refractivity contribution in [3.8, 4) is 6.07 Å². The van der Waals surface area contributed by atoms with Crippen LogP contribution in [0.1, 0.15) is 11.1 Å². The zero-order valence-electron chi connectivity index (χ0n) is 14.1. The fourth-order valence-electron chi connectivity index (χ4n) is 2.25. The summed E-state index contributed by atoms with van der Waals surface area (Å²) in [5, 5.41) is 19.6. The first-order chi connectivity index (χ1) is 12.9. The molecule has 27 heavy (non-hydrogen) atoms. The Morgan fingerprint density at radius 1 is 1.04 bits per heavy atom. The molecule has 0 saturated heterocycles. The van der Waals surface area contributed by atoms with Crippen molar-refractivity contribution in [1.29, 1.82) is 5.26 Å². The highest BCUT2D eigenvalue weighted by Crippen LogP contribution is 2.19. The number of benzene rings is 2. The van der Waals surface area contributed by atoms with E-state index >= 15 is 0 Å². The van der Waals surface area contributed by atoms with Gasteiger partial charge in [0.15, 0.2) is 11.6 Å². The van der Waals surface area contributed by atoms with E-state index < -0.39 is 15.8 Å². The molecule has 7 nitrogen and oxygen atoms in total. The molecule has 0 radical (unpaired) electrons. The Balaban J connectivity index is 1.75. The van der Waals surface area contributed by atoms with Gasteiger partial charge in [-0.05, 0) is 61.0 Å². The molecule has 136 valence electrons. The maximum atomic E-state index is 13.3. The molecular weight excluding hydrogens is 369 g/mol. The number of aromatic nitrogens is 2. The Hall–Kier alpha value is -3.51. The average Bonchev–Trinajstić information content (AvgIpc) is 2.65. The maximum absolute atomic E-state index is 13.3. The minimum absolute atomic E-state index is 0.0216. The fourth-order valence-corrected chi connectivity index (χ4v) is 3.33. The highest BCUT2D eigenvalue weighted by atomic mass is 32.2. The third kappa shape index (κ3) is 4.37. The molecule has 0 fully saturated rings. The molecule has 0 saturated carbocycles. The number of rotatable bonds is 5. The number of hydrogen-bond acceptors (Lipinski definition) is 6. The van der Waals surface area contributed by atoms with Gasteiger partial charge in [0.1, 0.15) is 5.82 Å².